The lowest BCUT2D eigenvalue weighted by molar-refractivity contribution is -0.117. The molecule has 2 fully saturated rings. The molecule has 1 amide bonds. The van der Waals surface area contributed by atoms with E-state index in [-0.39, 0.29) is 17.4 Å². The van der Waals surface area contributed by atoms with E-state index in [1.54, 1.807) is 16.6 Å². The van der Waals surface area contributed by atoms with Crippen molar-refractivity contribution in [2.75, 3.05) is 31.8 Å². The van der Waals surface area contributed by atoms with Crippen molar-refractivity contribution in [2.45, 2.75) is 38.6 Å². The van der Waals surface area contributed by atoms with Crippen molar-refractivity contribution in [2.24, 2.45) is 5.92 Å². The maximum Gasteiger partial charge on any atom is 0.274 e. The number of nitrogens with zero attached hydrogens (tertiary/aromatic N) is 2. The zero-order chi connectivity index (χ0) is 20.4. The standard InChI is InChI=1S/C23H28N2O4/c1-16-7-10-24(14-17-8-11-29-12-9-17)23(27)22(16)25-15-19(13-21(25)26)18-3-5-20(28-2)6-4-18/h3-7,10,17,19H,8-9,11-15H2,1-2H3/t19-/m0/s1. The van der Waals surface area contributed by atoms with E-state index in [4.69, 9.17) is 9.47 Å². The van der Waals surface area contributed by atoms with E-state index >= 15 is 0 Å². The molecule has 0 N–H and O–H groups in total. The molecule has 6 heteroatoms. The first-order chi connectivity index (χ1) is 14.1. The molecule has 0 saturated carbocycles. The number of methoxy groups -OCH3 is 1. The van der Waals surface area contributed by atoms with Crippen LogP contribution in [-0.2, 0) is 16.1 Å². The summed E-state index contributed by atoms with van der Waals surface area (Å²) in [5, 5.41) is 0. The van der Waals surface area contributed by atoms with Crippen molar-refractivity contribution >= 4 is 11.6 Å². The fraction of sp³-hybridized carbons (Fsp3) is 0.478. The summed E-state index contributed by atoms with van der Waals surface area (Å²) in [6.07, 6.45) is 4.22. The van der Waals surface area contributed by atoms with Crippen LogP contribution >= 0.6 is 0 Å². The van der Waals surface area contributed by atoms with E-state index in [0.29, 0.717) is 31.1 Å². The van der Waals surface area contributed by atoms with Crippen LogP contribution in [0.15, 0.2) is 41.3 Å². The highest BCUT2D eigenvalue weighted by Gasteiger charge is 2.34. The Balaban J connectivity index is 1.57. The highest BCUT2D eigenvalue weighted by Crippen LogP contribution is 2.32. The molecule has 0 spiro atoms. The van der Waals surface area contributed by atoms with E-state index < -0.39 is 0 Å². The normalized spacial score (nSPS) is 20.3. The molecule has 3 heterocycles. The minimum atomic E-state index is -0.0692. The minimum absolute atomic E-state index is 0.00911. The molecule has 2 aliphatic heterocycles. The van der Waals surface area contributed by atoms with Gasteiger partial charge in [-0.3, -0.25) is 9.59 Å². The van der Waals surface area contributed by atoms with Crippen LogP contribution in [0.4, 0.5) is 5.69 Å². The average Bonchev–Trinajstić information content (AvgIpc) is 3.12. The number of hydrogen-bond donors (Lipinski definition) is 0. The molecule has 4 rings (SSSR count). The molecule has 0 bridgehead atoms. The number of benzene rings is 1. The van der Waals surface area contributed by atoms with Crippen LogP contribution in [0.2, 0.25) is 0 Å². The van der Waals surface area contributed by atoms with Gasteiger partial charge >= 0.3 is 0 Å². The first kappa shape index (κ1) is 19.7. The second-order valence-electron chi connectivity index (χ2n) is 8.04. The fourth-order valence-electron chi connectivity index (χ4n) is 4.36. The predicted octanol–water partition coefficient (Wildman–Crippen LogP) is 3.11. The van der Waals surface area contributed by atoms with E-state index in [2.05, 4.69) is 0 Å². The molecule has 2 aromatic rings. The Bertz CT molecular complexity index is 929. The van der Waals surface area contributed by atoms with Gasteiger partial charge < -0.3 is 18.9 Å². The quantitative estimate of drug-likeness (QED) is 0.779. The van der Waals surface area contributed by atoms with Crippen LogP contribution in [0, 0.1) is 12.8 Å². The van der Waals surface area contributed by atoms with E-state index in [1.165, 1.54) is 0 Å². The Labute approximate surface area is 171 Å². The van der Waals surface area contributed by atoms with Crippen molar-refractivity contribution in [1.29, 1.82) is 0 Å². The number of carbonyl (C=O) groups is 1. The van der Waals surface area contributed by atoms with Gasteiger partial charge in [-0.25, -0.2) is 0 Å². The van der Waals surface area contributed by atoms with Gasteiger partial charge in [0.1, 0.15) is 11.4 Å². The molecule has 1 aromatic heterocycles. The van der Waals surface area contributed by atoms with Gasteiger partial charge in [0.2, 0.25) is 5.91 Å². The summed E-state index contributed by atoms with van der Waals surface area (Å²) < 4.78 is 12.4. The van der Waals surface area contributed by atoms with Gasteiger partial charge in [-0.1, -0.05) is 12.1 Å². The van der Waals surface area contributed by atoms with E-state index in [9.17, 15) is 9.59 Å². The number of rotatable bonds is 5. The van der Waals surface area contributed by atoms with E-state index in [1.807, 2.05) is 43.5 Å². The van der Waals surface area contributed by atoms with Crippen molar-refractivity contribution in [3.63, 3.8) is 0 Å². The molecule has 29 heavy (non-hydrogen) atoms. The molecule has 2 aliphatic rings. The molecular formula is C23H28N2O4. The van der Waals surface area contributed by atoms with Gasteiger partial charge in [0, 0.05) is 44.8 Å². The smallest absolute Gasteiger partial charge is 0.274 e. The molecule has 0 unspecified atom stereocenters. The van der Waals surface area contributed by atoms with Gasteiger partial charge in [0.25, 0.3) is 5.56 Å². The Morgan fingerprint density at radius 2 is 1.83 bits per heavy atom. The Morgan fingerprint density at radius 3 is 2.52 bits per heavy atom. The fourth-order valence-corrected chi connectivity index (χ4v) is 4.36. The number of pyridine rings is 1. The summed E-state index contributed by atoms with van der Waals surface area (Å²) in [6, 6.07) is 9.78. The number of ether oxygens (including phenoxy) is 2. The lowest BCUT2D eigenvalue weighted by Gasteiger charge is -2.24. The van der Waals surface area contributed by atoms with Gasteiger partial charge in [0.05, 0.1) is 7.11 Å². The third-order valence-corrected chi connectivity index (χ3v) is 6.12. The van der Waals surface area contributed by atoms with Crippen LogP contribution in [0.25, 0.3) is 0 Å². The van der Waals surface area contributed by atoms with E-state index in [0.717, 1.165) is 42.9 Å². The first-order valence-corrected chi connectivity index (χ1v) is 10.3. The third-order valence-electron chi connectivity index (χ3n) is 6.12. The lowest BCUT2D eigenvalue weighted by Crippen LogP contribution is -2.35. The molecule has 1 atom stereocenters. The minimum Gasteiger partial charge on any atom is -0.497 e. The van der Waals surface area contributed by atoms with Crippen molar-refractivity contribution in [3.05, 3.63) is 58.0 Å². The molecule has 6 nitrogen and oxygen atoms in total. The van der Waals surface area contributed by atoms with Gasteiger partial charge in [0.15, 0.2) is 0 Å². The molecule has 0 radical (unpaired) electrons. The molecular weight excluding hydrogens is 368 g/mol. The van der Waals surface area contributed by atoms with Gasteiger partial charge in [-0.15, -0.1) is 0 Å². The number of amides is 1. The highest BCUT2D eigenvalue weighted by molar-refractivity contribution is 5.97. The maximum atomic E-state index is 13.2. The molecule has 1 aromatic carbocycles. The number of aromatic nitrogens is 1. The summed E-state index contributed by atoms with van der Waals surface area (Å²) >= 11 is 0. The second-order valence-corrected chi connectivity index (χ2v) is 8.04. The predicted molar refractivity (Wildman–Crippen MR) is 112 cm³/mol. The Morgan fingerprint density at radius 1 is 1.10 bits per heavy atom. The Kier molecular flexibility index (Phi) is 5.72. The number of aryl methyl sites for hydroxylation is 1. The number of carbonyl (C=O) groups excluding carboxylic acids is 1. The van der Waals surface area contributed by atoms with Crippen LogP contribution in [0.3, 0.4) is 0 Å². The summed E-state index contributed by atoms with van der Waals surface area (Å²) in [5.41, 5.74) is 2.40. The van der Waals surface area contributed by atoms with Crippen LogP contribution in [0.5, 0.6) is 5.75 Å². The highest BCUT2D eigenvalue weighted by atomic mass is 16.5. The van der Waals surface area contributed by atoms with Gasteiger partial charge in [-0.2, -0.15) is 0 Å². The van der Waals surface area contributed by atoms with Crippen LogP contribution < -0.4 is 15.2 Å². The Hall–Kier alpha value is -2.60. The summed E-state index contributed by atoms with van der Waals surface area (Å²) in [6.45, 7) is 4.63. The molecule has 0 aliphatic carbocycles. The van der Waals surface area contributed by atoms with Crippen molar-refractivity contribution < 1.29 is 14.3 Å². The lowest BCUT2D eigenvalue weighted by atomic mass is 9.98. The zero-order valence-electron chi connectivity index (χ0n) is 17.1. The first-order valence-electron chi connectivity index (χ1n) is 10.3. The summed E-state index contributed by atoms with van der Waals surface area (Å²) in [4.78, 5) is 27.8. The SMILES string of the molecule is COc1ccc([C@H]2CC(=O)N(c3c(C)ccn(CC4CCOCC4)c3=O)C2)cc1. The third kappa shape index (κ3) is 4.08. The number of hydrogen-bond acceptors (Lipinski definition) is 4. The molecule has 2 saturated heterocycles. The monoisotopic (exact) mass is 396 g/mol. The molecule has 154 valence electrons. The van der Waals surface area contributed by atoms with Crippen molar-refractivity contribution in [1.82, 2.24) is 4.57 Å². The topological polar surface area (TPSA) is 60.8 Å². The summed E-state index contributed by atoms with van der Waals surface area (Å²) in [7, 11) is 1.64. The largest absolute Gasteiger partial charge is 0.497 e. The van der Waals surface area contributed by atoms with Crippen LogP contribution in [0.1, 0.15) is 36.3 Å². The van der Waals surface area contributed by atoms with Crippen molar-refractivity contribution in [3.8, 4) is 5.75 Å². The van der Waals surface area contributed by atoms with Crippen LogP contribution in [-0.4, -0.2) is 37.3 Å². The zero-order valence-corrected chi connectivity index (χ0v) is 17.1. The average molecular weight is 396 g/mol. The maximum absolute atomic E-state index is 13.2. The van der Waals surface area contributed by atoms with Gasteiger partial charge in [-0.05, 0) is 55.0 Å². The summed E-state index contributed by atoms with van der Waals surface area (Å²) in [5.74, 6) is 1.33. The number of anilines is 1. The second kappa shape index (κ2) is 8.41.